The van der Waals surface area contributed by atoms with Gasteiger partial charge in [0.15, 0.2) is 11.6 Å². The minimum absolute atomic E-state index is 0.00423. The highest BCUT2D eigenvalue weighted by molar-refractivity contribution is 6.32. The van der Waals surface area contributed by atoms with E-state index in [1.807, 2.05) is 25.1 Å². The van der Waals surface area contributed by atoms with Gasteiger partial charge in [-0.05, 0) is 69.0 Å². The highest BCUT2D eigenvalue weighted by atomic mass is 35.5. The zero-order valence-electron chi connectivity index (χ0n) is 20.5. The number of likely N-dealkylation sites (N-methyl/N-ethyl adjacent to an activating group) is 1. The van der Waals surface area contributed by atoms with Crippen molar-refractivity contribution in [2.75, 3.05) is 32.5 Å². The standard InChI is InChI=1S/C27H25Cl2FN4O3/c1-16-10-19(27(36)32-8-9-34(2)3)5-7-23(16)33-24(35)13-18-4-6-22(29)26(25(18)30)37-21-12-17(15-31)11-20(28)14-21/h4-7,10-12,14H,8-9,13H2,1-3H3,(H,32,36)(H,33,35). The van der Waals surface area contributed by atoms with Crippen molar-refractivity contribution in [2.45, 2.75) is 13.3 Å². The van der Waals surface area contributed by atoms with Crippen LogP contribution in [0.15, 0.2) is 48.5 Å². The second kappa shape index (κ2) is 12.5. The molecule has 10 heteroatoms. The van der Waals surface area contributed by atoms with Gasteiger partial charge in [0.25, 0.3) is 5.91 Å². The fourth-order valence-electron chi connectivity index (χ4n) is 3.42. The number of aryl methyl sites for hydroxylation is 1. The summed E-state index contributed by atoms with van der Waals surface area (Å²) in [5, 5.41) is 14.9. The number of amides is 2. The molecule has 0 radical (unpaired) electrons. The largest absolute Gasteiger partial charge is 0.453 e. The van der Waals surface area contributed by atoms with Gasteiger partial charge in [0.1, 0.15) is 5.75 Å². The molecule has 0 heterocycles. The first kappa shape index (κ1) is 27.9. The quantitative estimate of drug-likeness (QED) is 0.368. The molecule has 3 rings (SSSR count). The highest BCUT2D eigenvalue weighted by Crippen LogP contribution is 2.35. The molecule has 3 aromatic carbocycles. The molecule has 0 atom stereocenters. The number of rotatable bonds is 9. The number of anilines is 1. The summed E-state index contributed by atoms with van der Waals surface area (Å²) in [4.78, 5) is 27.0. The number of nitriles is 1. The molecule has 37 heavy (non-hydrogen) atoms. The van der Waals surface area contributed by atoms with Gasteiger partial charge in [0, 0.05) is 34.9 Å². The summed E-state index contributed by atoms with van der Waals surface area (Å²) in [6.07, 6.45) is -0.287. The van der Waals surface area contributed by atoms with E-state index in [-0.39, 0.29) is 45.0 Å². The van der Waals surface area contributed by atoms with Gasteiger partial charge in [-0.1, -0.05) is 29.3 Å². The third-order valence-electron chi connectivity index (χ3n) is 5.31. The minimum atomic E-state index is -0.803. The van der Waals surface area contributed by atoms with Crippen LogP contribution in [0.1, 0.15) is 27.0 Å². The number of hydrogen-bond acceptors (Lipinski definition) is 5. The Kier molecular flexibility index (Phi) is 9.48. The Morgan fingerprint density at radius 3 is 2.54 bits per heavy atom. The van der Waals surface area contributed by atoms with Crippen molar-refractivity contribution in [3.05, 3.63) is 86.6 Å². The number of nitrogens with zero attached hydrogens (tertiary/aromatic N) is 2. The van der Waals surface area contributed by atoms with E-state index in [4.69, 9.17) is 33.2 Å². The van der Waals surface area contributed by atoms with Crippen LogP contribution in [0.25, 0.3) is 0 Å². The molecular formula is C27H25Cl2FN4O3. The Labute approximate surface area is 224 Å². The van der Waals surface area contributed by atoms with Crippen molar-refractivity contribution in [2.24, 2.45) is 0 Å². The summed E-state index contributed by atoms with van der Waals surface area (Å²) in [5.41, 5.74) is 1.96. The molecule has 0 aliphatic rings. The molecule has 3 aromatic rings. The molecular weight excluding hydrogens is 518 g/mol. The second-order valence-corrected chi connectivity index (χ2v) is 9.40. The van der Waals surface area contributed by atoms with Gasteiger partial charge < -0.3 is 20.3 Å². The third kappa shape index (κ3) is 7.67. The molecule has 0 spiro atoms. The van der Waals surface area contributed by atoms with Crippen molar-refractivity contribution in [3.8, 4) is 17.6 Å². The summed E-state index contributed by atoms with van der Waals surface area (Å²) >= 11 is 12.1. The summed E-state index contributed by atoms with van der Waals surface area (Å²) in [5.74, 6) is -1.62. The molecule has 0 aliphatic heterocycles. The number of carbonyl (C=O) groups excluding carboxylic acids is 2. The molecule has 0 saturated carbocycles. The molecule has 0 fully saturated rings. The molecule has 0 saturated heterocycles. The molecule has 0 aliphatic carbocycles. The van der Waals surface area contributed by atoms with Crippen LogP contribution in [0.4, 0.5) is 10.1 Å². The highest BCUT2D eigenvalue weighted by Gasteiger charge is 2.18. The van der Waals surface area contributed by atoms with Crippen molar-refractivity contribution in [1.82, 2.24) is 10.2 Å². The van der Waals surface area contributed by atoms with Crippen LogP contribution in [0, 0.1) is 24.1 Å². The molecule has 0 unspecified atom stereocenters. The number of halogens is 3. The lowest BCUT2D eigenvalue weighted by atomic mass is 10.1. The first-order chi connectivity index (χ1) is 17.6. The average molecular weight is 543 g/mol. The van der Waals surface area contributed by atoms with E-state index in [0.29, 0.717) is 29.9 Å². The summed E-state index contributed by atoms with van der Waals surface area (Å²) in [7, 11) is 3.84. The topological polar surface area (TPSA) is 94.5 Å². The number of ether oxygens (including phenoxy) is 1. The van der Waals surface area contributed by atoms with Crippen molar-refractivity contribution in [1.29, 1.82) is 5.26 Å². The van der Waals surface area contributed by atoms with E-state index in [0.717, 1.165) is 0 Å². The number of hydrogen-bond donors (Lipinski definition) is 2. The third-order valence-corrected chi connectivity index (χ3v) is 5.82. The maximum atomic E-state index is 15.2. The molecule has 7 nitrogen and oxygen atoms in total. The van der Waals surface area contributed by atoms with Gasteiger partial charge >= 0.3 is 0 Å². The molecule has 2 amide bonds. The first-order valence-electron chi connectivity index (χ1n) is 11.3. The first-order valence-corrected chi connectivity index (χ1v) is 12.0. The monoisotopic (exact) mass is 542 g/mol. The molecule has 2 N–H and O–H groups in total. The Bertz CT molecular complexity index is 1370. The fourth-order valence-corrected chi connectivity index (χ4v) is 3.82. The summed E-state index contributed by atoms with van der Waals surface area (Å²) in [6.45, 7) is 2.99. The molecule has 192 valence electrons. The van der Waals surface area contributed by atoms with Crippen LogP contribution in [-0.2, 0) is 11.2 Å². The maximum absolute atomic E-state index is 15.2. The normalized spacial score (nSPS) is 10.6. The number of nitrogens with one attached hydrogen (secondary N) is 2. The van der Waals surface area contributed by atoms with Gasteiger partial charge in [-0.25, -0.2) is 4.39 Å². The van der Waals surface area contributed by atoms with Crippen molar-refractivity contribution >= 4 is 40.7 Å². The van der Waals surface area contributed by atoms with E-state index in [2.05, 4.69) is 10.6 Å². The maximum Gasteiger partial charge on any atom is 0.251 e. The van der Waals surface area contributed by atoms with E-state index < -0.39 is 11.7 Å². The Morgan fingerprint density at radius 1 is 1.11 bits per heavy atom. The van der Waals surface area contributed by atoms with Crippen LogP contribution >= 0.6 is 23.2 Å². The van der Waals surface area contributed by atoms with E-state index in [9.17, 15) is 9.59 Å². The summed E-state index contributed by atoms with van der Waals surface area (Å²) in [6, 6.07) is 14.0. The fraction of sp³-hybridized carbons (Fsp3) is 0.222. The van der Waals surface area contributed by atoms with E-state index in [1.165, 1.54) is 30.3 Å². The predicted octanol–water partition coefficient (Wildman–Crippen LogP) is 5.58. The van der Waals surface area contributed by atoms with Crippen LogP contribution < -0.4 is 15.4 Å². The number of benzene rings is 3. The minimum Gasteiger partial charge on any atom is -0.453 e. The molecule has 0 aromatic heterocycles. The van der Waals surface area contributed by atoms with Gasteiger partial charge in [0.05, 0.1) is 23.1 Å². The lowest BCUT2D eigenvalue weighted by Gasteiger charge is -2.14. The molecule has 0 bridgehead atoms. The van der Waals surface area contributed by atoms with Gasteiger partial charge in [-0.15, -0.1) is 0 Å². The van der Waals surface area contributed by atoms with E-state index >= 15 is 4.39 Å². The zero-order valence-corrected chi connectivity index (χ0v) is 22.0. The van der Waals surface area contributed by atoms with Gasteiger partial charge in [-0.2, -0.15) is 5.26 Å². The van der Waals surface area contributed by atoms with Crippen LogP contribution in [0.3, 0.4) is 0 Å². The Balaban J connectivity index is 1.71. The lowest BCUT2D eigenvalue weighted by Crippen LogP contribution is -2.31. The van der Waals surface area contributed by atoms with Crippen molar-refractivity contribution < 1.29 is 18.7 Å². The Morgan fingerprint density at radius 2 is 1.86 bits per heavy atom. The Hall–Kier alpha value is -3.64. The van der Waals surface area contributed by atoms with Crippen molar-refractivity contribution in [3.63, 3.8) is 0 Å². The summed E-state index contributed by atoms with van der Waals surface area (Å²) < 4.78 is 20.8. The SMILES string of the molecule is Cc1cc(C(=O)NCCN(C)C)ccc1NC(=O)Cc1ccc(Cl)c(Oc2cc(Cl)cc(C#N)c2)c1F. The lowest BCUT2D eigenvalue weighted by molar-refractivity contribution is -0.115. The second-order valence-electron chi connectivity index (χ2n) is 8.55. The van der Waals surface area contributed by atoms with Crippen LogP contribution in [0.2, 0.25) is 10.0 Å². The smallest absolute Gasteiger partial charge is 0.251 e. The average Bonchev–Trinajstić information content (AvgIpc) is 2.84. The number of carbonyl (C=O) groups is 2. The van der Waals surface area contributed by atoms with Crippen LogP contribution in [0.5, 0.6) is 11.5 Å². The van der Waals surface area contributed by atoms with Gasteiger partial charge in [-0.3, -0.25) is 9.59 Å². The predicted molar refractivity (Wildman–Crippen MR) is 142 cm³/mol. The van der Waals surface area contributed by atoms with Crippen LogP contribution in [-0.4, -0.2) is 43.9 Å². The van der Waals surface area contributed by atoms with Gasteiger partial charge in [0.2, 0.25) is 5.91 Å². The zero-order chi connectivity index (χ0) is 27.1. The van der Waals surface area contributed by atoms with E-state index in [1.54, 1.807) is 25.1 Å².